The van der Waals surface area contributed by atoms with Crippen LogP contribution in [-0.4, -0.2) is 12.2 Å². The number of rotatable bonds is 5. The number of aliphatic hydroxyl groups is 1. The van der Waals surface area contributed by atoms with Crippen LogP contribution in [0.15, 0.2) is 30.4 Å². The van der Waals surface area contributed by atoms with Crippen molar-refractivity contribution in [2.75, 3.05) is 7.11 Å². The fourth-order valence-corrected chi connectivity index (χ4v) is 1.62. The summed E-state index contributed by atoms with van der Waals surface area (Å²) >= 11 is 0. The highest BCUT2D eigenvalue weighted by Crippen LogP contribution is 2.30. The third-order valence-electron chi connectivity index (χ3n) is 2.73. The summed E-state index contributed by atoms with van der Waals surface area (Å²) in [6.45, 7) is 7.96. The predicted octanol–water partition coefficient (Wildman–Crippen LogP) is 3.39. The summed E-state index contributed by atoms with van der Waals surface area (Å²) in [6.07, 6.45) is 0.962. The zero-order valence-corrected chi connectivity index (χ0v) is 10.3. The van der Waals surface area contributed by atoms with Crippen LogP contribution in [0.3, 0.4) is 0 Å². The van der Waals surface area contributed by atoms with Crippen LogP contribution in [0.4, 0.5) is 0 Å². The fraction of sp³-hybridized carbons (Fsp3) is 0.429. The molecule has 0 radical (unpaired) electrons. The highest BCUT2D eigenvalue weighted by atomic mass is 16.5. The number of hydrogen-bond donors (Lipinski definition) is 1. The summed E-state index contributed by atoms with van der Waals surface area (Å²) in [7, 11) is 1.62. The molecule has 0 fully saturated rings. The summed E-state index contributed by atoms with van der Waals surface area (Å²) in [4.78, 5) is 0. The molecule has 0 saturated carbocycles. The number of aryl methyl sites for hydroxylation is 1. The van der Waals surface area contributed by atoms with Crippen LogP contribution in [0.25, 0.3) is 0 Å². The Balaban J connectivity index is 2.90. The Morgan fingerprint density at radius 1 is 1.50 bits per heavy atom. The second-order valence-electron chi connectivity index (χ2n) is 4.07. The van der Waals surface area contributed by atoms with Crippen molar-refractivity contribution in [2.24, 2.45) is 0 Å². The first-order valence-corrected chi connectivity index (χ1v) is 5.57. The molecular weight excluding hydrogens is 200 g/mol. The molecule has 1 unspecified atom stereocenters. The molecule has 1 aromatic carbocycles. The molecule has 0 aliphatic heterocycles. The fourth-order valence-electron chi connectivity index (χ4n) is 1.62. The molecular formula is C14H20O2. The summed E-state index contributed by atoms with van der Waals surface area (Å²) in [6, 6.07) is 5.84. The van der Waals surface area contributed by atoms with Gasteiger partial charge in [-0.3, -0.25) is 0 Å². The van der Waals surface area contributed by atoms with Crippen LogP contribution in [0.5, 0.6) is 5.75 Å². The smallest absolute Gasteiger partial charge is 0.124 e. The van der Waals surface area contributed by atoms with Crippen molar-refractivity contribution in [1.82, 2.24) is 0 Å². The van der Waals surface area contributed by atoms with Crippen molar-refractivity contribution in [1.29, 1.82) is 0 Å². The molecule has 0 aliphatic rings. The van der Waals surface area contributed by atoms with E-state index in [9.17, 15) is 5.11 Å². The van der Waals surface area contributed by atoms with Gasteiger partial charge in [-0.05, 0) is 31.4 Å². The zero-order valence-electron chi connectivity index (χ0n) is 10.3. The van der Waals surface area contributed by atoms with Gasteiger partial charge in [0, 0.05) is 5.56 Å². The summed E-state index contributed by atoms with van der Waals surface area (Å²) in [5.41, 5.74) is 3.01. The van der Waals surface area contributed by atoms with Gasteiger partial charge in [-0.2, -0.15) is 0 Å². The van der Waals surface area contributed by atoms with Crippen molar-refractivity contribution in [3.05, 3.63) is 41.5 Å². The first kappa shape index (κ1) is 12.8. The Morgan fingerprint density at radius 3 is 2.75 bits per heavy atom. The molecule has 0 saturated heterocycles. The van der Waals surface area contributed by atoms with Crippen molar-refractivity contribution < 1.29 is 9.84 Å². The van der Waals surface area contributed by atoms with Crippen LogP contribution >= 0.6 is 0 Å². The molecule has 1 atom stereocenters. The Hall–Kier alpha value is -1.28. The maximum Gasteiger partial charge on any atom is 0.124 e. The van der Waals surface area contributed by atoms with Crippen LogP contribution in [0.1, 0.15) is 37.0 Å². The highest BCUT2D eigenvalue weighted by Gasteiger charge is 2.13. The number of aliphatic hydroxyl groups excluding tert-OH is 1. The topological polar surface area (TPSA) is 29.5 Å². The lowest BCUT2D eigenvalue weighted by Gasteiger charge is -2.16. The minimum atomic E-state index is -0.525. The first-order valence-electron chi connectivity index (χ1n) is 5.57. The van der Waals surface area contributed by atoms with Gasteiger partial charge in [-0.25, -0.2) is 0 Å². The van der Waals surface area contributed by atoms with E-state index in [4.69, 9.17) is 4.74 Å². The van der Waals surface area contributed by atoms with E-state index in [1.54, 1.807) is 7.11 Å². The number of ether oxygens (including phenoxy) is 1. The van der Waals surface area contributed by atoms with Gasteiger partial charge < -0.3 is 9.84 Å². The van der Waals surface area contributed by atoms with Gasteiger partial charge in [-0.1, -0.05) is 31.2 Å². The Morgan fingerprint density at radius 2 is 2.19 bits per heavy atom. The van der Waals surface area contributed by atoms with Gasteiger partial charge in [0.2, 0.25) is 0 Å². The molecule has 0 spiro atoms. The number of hydrogen-bond acceptors (Lipinski definition) is 2. The lowest BCUT2D eigenvalue weighted by Crippen LogP contribution is -2.02. The van der Waals surface area contributed by atoms with E-state index in [0.29, 0.717) is 6.42 Å². The highest BCUT2D eigenvalue weighted by molar-refractivity contribution is 5.39. The van der Waals surface area contributed by atoms with E-state index in [2.05, 4.69) is 6.58 Å². The van der Waals surface area contributed by atoms with Crippen LogP contribution < -0.4 is 4.74 Å². The first-order chi connectivity index (χ1) is 7.58. The molecule has 1 N–H and O–H groups in total. The van der Waals surface area contributed by atoms with E-state index in [1.165, 1.54) is 0 Å². The largest absolute Gasteiger partial charge is 0.496 e. The van der Waals surface area contributed by atoms with Gasteiger partial charge in [-0.15, -0.1) is 0 Å². The van der Waals surface area contributed by atoms with E-state index in [1.807, 2.05) is 32.0 Å². The predicted molar refractivity (Wildman–Crippen MR) is 66.7 cm³/mol. The Labute approximate surface area is 97.6 Å². The molecule has 1 rings (SSSR count). The SMILES string of the molecule is C=C(CC)CC(O)c1ccc(C)cc1OC. The summed E-state index contributed by atoms with van der Waals surface area (Å²) < 4.78 is 5.27. The van der Waals surface area contributed by atoms with Crippen molar-refractivity contribution in [3.8, 4) is 5.75 Å². The van der Waals surface area contributed by atoms with Gasteiger partial charge in [0.25, 0.3) is 0 Å². The lowest BCUT2D eigenvalue weighted by atomic mass is 9.99. The number of benzene rings is 1. The standard InChI is InChI=1S/C14H20O2/c1-5-10(2)8-13(15)12-7-6-11(3)9-14(12)16-4/h6-7,9,13,15H,2,5,8H2,1,3-4H3. The maximum absolute atomic E-state index is 10.1. The zero-order chi connectivity index (χ0) is 12.1. The molecule has 0 aliphatic carbocycles. The lowest BCUT2D eigenvalue weighted by molar-refractivity contribution is 0.173. The van der Waals surface area contributed by atoms with E-state index < -0.39 is 6.10 Å². The van der Waals surface area contributed by atoms with E-state index in [-0.39, 0.29) is 0 Å². The molecule has 0 heterocycles. The molecule has 1 aromatic rings. The molecule has 16 heavy (non-hydrogen) atoms. The molecule has 88 valence electrons. The summed E-state index contributed by atoms with van der Waals surface area (Å²) in [5, 5.41) is 10.1. The van der Waals surface area contributed by atoms with E-state index >= 15 is 0 Å². The Bertz CT molecular complexity index is 369. The van der Waals surface area contributed by atoms with Crippen LogP contribution in [0, 0.1) is 6.92 Å². The van der Waals surface area contributed by atoms with Gasteiger partial charge in [0.1, 0.15) is 5.75 Å². The second kappa shape index (κ2) is 5.71. The molecule has 2 heteroatoms. The van der Waals surface area contributed by atoms with Gasteiger partial charge in [0.05, 0.1) is 13.2 Å². The van der Waals surface area contributed by atoms with Crippen LogP contribution in [0.2, 0.25) is 0 Å². The average Bonchev–Trinajstić information content (AvgIpc) is 2.28. The third kappa shape index (κ3) is 3.11. The monoisotopic (exact) mass is 220 g/mol. The number of methoxy groups -OCH3 is 1. The maximum atomic E-state index is 10.1. The molecule has 0 amide bonds. The Kier molecular flexibility index (Phi) is 4.56. The van der Waals surface area contributed by atoms with Gasteiger partial charge >= 0.3 is 0 Å². The van der Waals surface area contributed by atoms with E-state index in [0.717, 1.165) is 28.9 Å². The van der Waals surface area contributed by atoms with Crippen molar-refractivity contribution >= 4 is 0 Å². The second-order valence-corrected chi connectivity index (χ2v) is 4.07. The molecule has 0 aromatic heterocycles. The molecule has 0 bridgehead atoms. The van der Waals surface area contributed by atoms with Gasteiger partial charge in [0.15, 0.2) is 0 Å². The minimum Gasteiger partial charge on any atom is -0.496 e. The minimum absolute atomic E-state index is 0.525. The van der Waals surface area contributed by atoms with Crippen molar-refractivity contribution in [3.63, 3.8) is 0 Å². The van der Waals surface area contributed by atoms with Crippen LogP contribution in [-0.2, 0) is 0 Å². The summed E-state index contributed by atoms with van der Waals surface area (Å²) in [5.74, 6) is 0.747. The normalized spacial score (nSPS) is 12.2. The quantitative estimate of drug-likeness (QED) is 0.771. The average molecular weight is 220 g/mol. The third-order valence-corrected chi connectivity index (χ3v) is 2.73. The molecule has 2 nitrogen and oxygen atoms in total. The van der Waals surface area contributed by atoms with Crippen molar-refractivity contribution in [2.45, 2.75) is 32.8 Å².